The summed E-state index contributed by atoms with van der Waals surface area (Å²) in [5.74, 6) is 0. The number of amides is 1. The summed E-state index contributed by atoms with van der Waals surface area (Å²) in [5.41, 5.74) is 0.558. The number of rotatable bonds is 1. The van der Waals surface area contributed by atoms with Crippen LogP contribution in [0, 0.1) is 0 Å². The van der Waals surface area contributed by atoms with Gasteiger partial charge in [0.25, 0.3) is 0 Å². The highest BCUT2D eigenvalue weighted by molar-refractivity contribution is 6.73. The Balaban J connectivity index is 3.02. The van der Waals surface area contributed by atoms with Crippen molar-refractivity contribution >= 4 is 45.3 Å². The summed E-state index contributed by atoms with van der Waals surface area (Å²) in [6.07, 6.45) is 0. The molecule has 1 aromatic carbocycles. The first-order valence-electron chi connectivity index (χ1n) is 3.29. The Kier molecular flexibility index (Phi) is 3.72. The van der Waals surface area contributed by atoms with E-state index in [0.29, 0.717) is 10.6 Å². The maximum absolute atomic E-state index is 10.4. The third kappa shape index (κ3) is 3.35. The number of aliphatic imine (C=N–C) groups is 1. The maximum Gasteiger partial charge on any atom is 0.341 e. The molecular formula is C8H4Cl3NO. The van der Waals surface area contributed by atoms with E-state index in [2.05, 4.69) is 4.99 Å². The fourth-order valence-corrected chi connectivity index (χ4v) is 1.27. The predicted molar refractivity (Wildman–Crippen MR) is 55.1 cm³/mol. The third-order valence-electron chi connectivity index (χ3n) is 1.25. The van der Waals surface area contributed by atoms with Crippen molar-refractivity contribution in [3.05, 3.63) is 34.9 Å². The van der Waals surface area contributed by atoms with E-state index in [4.69, 9.17) is 34.8 Å². The normalized spacial score (nSPS) is 11.5. The molecule has 0 fully saturated rings. The van der Waals surface area contributed by atoms with Crippen molar-refractivity contribution in [2.45, 2.75) is 0 Å². The van der Waals surface area contributed by atoms with E-state index in [-0.39, 0.29) is 5.17 Å². The van der Waals surface area contributed by atoms with Crippen molar-refractivity contribution in [1.82, 2.24) is 0 Å². The fourth-order valence-electron chi connectivity index (χ4n) is 0.759. The smallest absolute Gasteiger partial charge is 0.253 e. The van der Waals surface area contributed by atoms with Crippen molar-refractivity contribution in [2.24, 2.45) is 4.99 Å². The van der Waals surface area contributed by atoms with Gasteiger partial charge in [-0.15, -0.1) is 0 Å². The number of benzene rings is 1. The molecule has 1 rings (SSSR count). The van der Waals surface area contributed by atoms with Gasteiger partial charge in [0.05, 0.1) is 0 Å². The first kappa shape index (κ1) is 10.5. The van der Waals surface area contributed by atoms with Crippen LogP contribution in [0.3, 0.4) is 0 Å². The van der Waals surface area contributed by atoms with E-state index in [0.717, 1.165) is 0 Å². The Bertz CT molecular complexity index is 362. The van der Waals surface area contributed by atoms with Crippen LogP contribution in [0.15, 0.2) is 29.3 Å². The van der Waals surface area contributed by atoms with Crippen LogP contribution in [0.25, 0.3) is 0 Å². The quantitative estimate of drug-likeness (QED) is 0.415. The summed E-state index contributed by atoms with van der Waals surface area (Å²) in [4.78, 5) is 13.7. The Labute approximate surface area is 90.1 Å². The molecule has 0 aliphatic carbocycles. The van der Waals surface area contributed by atoms with Gasteiger partial charge in [-0.1, -0.05) is 35.3 Å². The summed E-state index contributed by atoms with van der Waals surface area (Å²) in [6, 6.07) is 6.66. The molecular weight excluding hydrogens is 232 g/mol. The standard InChI is InChI=1S/C8H4Cl3NO/c9-6-3-1-2-5(4-6)7(10)12-8(11)13/h1-4H. The van der Waals surface area contributed by atoms with E-state index >= 15 is 0 Å². The molecule has 0 unspecified atom stereocenters. The van der Waals surface area contributed by atoms with E-state index < -0.39 is 5.37 Å². The van der Waals surface area contributed by atoms with Gasteiger partial charge in [-0.3, -0.25) is 4.79 Å². The molecule has 13 heavy (non-hydrogen) atoms. The molecule has 0 spiro atoms. The van der Waals surface area contributed by atoms with Crippen molar-refractivity contribution in [1.29, 1.82) is 0 Å². The SMILES string of the molecule is O=C(Cl)N=C(Cl)c1cccc(Cl)c1. The third-order valence-corrected chi connectivity index (χ3v) is 1.87. The minimum atomic E-state index is -0.857. The average Bonchev–Trinajstić information content (AvgIpc) is 2.03. The summed E-state index contributed by atoms with van der Waals surface area (Å²) in [6.45, 7) is 0. The summed E-state index contributed by atoms with van der Waals surface area (Å²) in [5, 5.41) is -0.305. The summed E-state index contributed by atoms with van der Waals surface area (Å²) >= 11 is 16.4. The second-order valence-electron chi connectivity index (χ2n) is 2.17. The number of nitrogens with zero attached hydrogens (tertiary/aromatic N) is 1. The van der Waals surface area contributed by atoms with Crippen LogP contribution in [0.4, 0.5) is 4.79 Å². The first-order valence-corrected chi connectivity index (χ1v) is 4.42. The number of carbonyl (C=O) groups excluding carboxylic acids is 1. The van der Waals surface area contributed by atoms with Gasteiger partial charge in [0.1, 0.15) is 5.17 Å². The zero-order valence-corrected chi connectivity index (χ0v) is 8.57. The Morgan fingerprint density at radius 1 is 1.31 bits per heavy atom. The molecule has 0 aliphatic rings. The van der Waals surface area contributed by atoms with Gasteiger partial charge in [-0.05, 0) is 23.7 Å². The number of hydrogen-bond acceptors (Lipinski definition) is 1. The van der Waals surface area contributed by atoms with Crippen LogP contribution >= 0.6 is 34.8 Å². The maximum atomic E-state index is 10.4. The van der Waals surface area contributed by atoms with Gasteiger partial charge in [0.15, 0.2) is 0 Å². The van der Waals surface area contributed by atoms with E-state index in [1.807, 2.05) is 0 Å². The van der Waals surface area contributed by atoms with Gasteiger partial charge in [0, 0.05) is 10.6 Å². The molecule has 5 heteroatoms. The molecule has 0 aliphatic heterocycles. The molecule has 68 valence electrons. The second kappa shape index (κ2) is 4.61. The van der Waals surface area contributed by atoms with Gasteiger partial charge < -0.3 is 0 Å². The van der Waals surface area contributed by atoms with Crippen LogP contribution in [0.5, 0.6) is 0 Å². The van der Waals surface area contributed by atoms with E-state index in [9.17, 15) is 4.79 Å². The lowest BCUT2D eigenvalue weighted by Gasteiger charge is -1.96. The molecule has 0 aromatic heterocycles. The number of carbonyl (C=O) groups is 1. The highest BCUT2D eigenvalue weighted by Crippen LogP contribution is 2.13. The number of halogens is 3. The molecule has 0 atom stereocenters. The van der Waals surface area contributed by atoms with Crippen LogP contribution in [0.2, 0.25) is 5.02 Å². The average molecular weight is 236 g/mol. The minimum absolute atomic E-state index is 0.0301. The van der Waals surface area contributed by atoms with Crippen molar-refractivity contribution in [3.8, 4) is 0 Å². The molecule has 0 bridgehead atoms. The lowest BCUT2D eigenvalue weighted by molar-refractivity contribution is 0.266. The van der Waals surface area contributed by atoms with Crippen LogP contribution in [-0.4, -0.2) is 10.5 Å². The molecule has 0 heterocycles. The summed E-state index contributed by atoms with van der Waals surface area (Å²) < 4.78 is 0. The monoisotopic (exact) mass is 235 g/mol. The predicted octanol–water partition coefficient (Wildman–Crippen LogP) is 3.68. The zero-order valence-electron chi connectivity index (χ0n) is 6.30. The highest BCUT2D eigenvalue weighted by atomic mass is 35.5. The summed E-state index contributed by atoms with van der Waals surface area (Å²) in [7, 11) is 0. The molecule has 2 nitrogen and oxygen atoms in total. The topological polar surface area (TPSA) is 29.4 Å². The van der Waals surface area contributed by atoms with Crippen molar-refractivity contribution < 1.29 is 4.79 Å². The van der Waals surface area contributed by atoms with Crippen LogP contribution in [0.1, 0.15) is 5.56 Å². The van der Waals surface area contributed by atoms with Crippen LogP contribution < -0.4 is 0 Å². The largest absolute Gasteiger partial charge is 0.341 e. The van der Waals surface area contributed by atoms with Crippen molar-refractivity contribution in [2.75, 3.05) is 0 Å². The van der Waals surface area contributed by atoms with E-state index in [1.165, 1.54) is 0 Å². The molecule has 0 saturated carbocycles. The van der Waals surface area contributed by atoms with Crippen molar-refractivity contribution in [3.63, 3.8) is 0 Å². The molecule has 1 aromatic rings. The number of hydrogen-bond donors (Lipinski definition) is 0. The van der Waals surface area contributed by atoms with Gasteiger partial charge >= 0.3 is 5.37 Å². The van der Waals surface area contributed by atoms with Gasteiger partial charge in [0.2, 0.25) is 0 Å². The fraction of sp³-hybridized carbons (Fsp3) is 0. The molecule has 0 saturated heterocycles. The first-order chi connectivity index (χ1) is 6.09. The van der Waals surface area contributed by atoms with Gasteiger partial charge in [-0.2, -0.15) is 4.99 Å². The lowest BCUT2D eigenvalue weighted by Crippen LogP contribution is -1.92. The highest BCUT2D eigenvalue weighted by Gasteiger charge is 2.01. The Morgan fingerprint density at radius 3 is 2.54 bits per heavy atom. The molecule has 0 radical (unpaired) electrons. The lowest BCUT2D eigenvalue weighted by atomic mass is 10.2. The molecule has 1 amide bonds. The Hall–Kier alpha value is -0.570. The molecule has 0 N–H and O–H groups in total. The van der Waals surface area contributed by atoms with Crippen LogP contribution in [-0.2, 0) is 0 Å². The van der Waals surface area contributed by atoms with E-state index in [1.54, 1.807) is 24.3 Å². The second-order valence-corrected chi connectivity index (χ2v) is 3.28. The van der Waals surface area contributed by atoms with Gasteiger partial charge in [-0.25, -0.2) is 0 Å². The minimum Gasteiger partial charge on any atom is -0.253 e. The Morgan fingerprint density at radius 2 is 2.00 bits per heavy atom. The zero-order chi connectivity index (χ0) is 9.84.